The number of aromatic nitrogens is 2. The Morgan fingerprint density at radius 2 is 2.20 bits per heavy atom. The van der Waals surface area contributed by atoms with E-state index in [1.54, 1.807) is 18.9 Å². The van der Waals surface area contributed by atoms with E-state index in [1.807, 2.05) is 31.2 Å². The van der Waals surface area contributed by atoms with E-state index in [9.17, 15) is 4.79 Å². The summed E-state index contributed by atoms with van der Waals surface area (Å²) in [6.07, 6.45) is 0.418. The summed E-state index contributed by atoms with van der Waals surface area (Å²) < 4.78 is 6.08. The number of carbonyl (C=O) groups is 1. The predicted molar refractivity (Wildman–Crippen MR) is 81.6 cm³/mol. The molecule has 0 aliphatic carbocycles. The van der Waals surface area contributed by atoms with E-state index in [-0.39, 0.29) is 5.91 Å². The van der Waals surface area contributed by atoms with Crippen molar-refractivity contribution in [2.45, 2.75) is 17.7 Å². The van der Waals surface area contributed by atoms with Crippen LogP contribution in [-0.4, -0.2) is 29.0 Å². The number of hydrogen-bond donors (Lipinski definition) is 1. The molecular weight excluding hydrogens is 294 g/mol. The Labute approximate surface area is 125 Å². The highest BCUT2D eigenvalue weighted by Gasteiger charge is 2.08. The number of benzene rings is 1. The lowest BCUT2D eigenvalue weighted by molar-refractivity contribution is -0.115. The fraction of sp³-hybridized carbons (Fsp3) is 0.308. The maximum absolute atomic E-state index is 11.9. The van der Waals surface area contributed by atoms with Gasteiger partial charge >= 0.3 is 0 Å². The van der Waals surface area contributed by atoms with Crippen molar-refractivity contribution < 1.29 is 9.53 Å². The molecule has 0 atom stereocenters. The number of hydrogen-bond acceptors (Lipinski definition) is 6. The Morgan fingerprint density at radius 3 is 2.90 bits per heavy atom. The van der Waals surface area contributed by atoms with Gasteiger partial charge in [0.25, 0.3) is 0 Å². The lowest BCUT2D eigenvalue weighted by Gasteiger charge is -2.09. The van der Waals surface area contributed by atoms with Crippen molar-refractivity contribution in [3.63, 3.8) is 0 Å². The summed E-state index contributed by atoms with van der Waals surface area (Å²) >= 11 is 3.08. The second-order valence-corrected chi connectivity index (χ2v) is 6.46. The van der Waals surface area contributed by atoms with Crippen LogP contribution in [-0.2, 0) is 4.79 Å². The molecule has 7 heteroatoms. The number of methoxy groups -OCH3 is 1. The number of nitrogens with zero attached hydrogens (tertiary/aromatic N) is 2. The van der Waals surface area contributed by atoms with Crippen molar-refractivity contribution in [2.75, 3.05) is 18.2 Å². The van der Waals surface area contributed by atoms with E-state index in [2.05, 4.69) is 15.5 Å². The largest absolute Gasteiger partial charge is 0.495 e. The van der Waals surface area contributed by atoms with Gasteiger partial charge in [-0.2, -0.15) is 0 Å². The van der Waals surface area contributed by atoms with Crippen LogP contribution in [0.1, 0.15) is 11.4 Å². The zero-order valence-electron chi connectivity index (χ0n) is 11.3. The Bertz CT molecular complexity index is 587. The third kappa shape index (κ3) is 4.21. The van der Waals surface area contributed by atoms with Crippen LogP contribution in [0, 0.1) is 6.92 Å². The van der Waals surface area contributed by atoms with Crippen molar-refractivity contribution in [2.24, 2.45) is 0 Å². The normalized spacial score (nSPS) is 10.3. The molecule has 0 fully saturated rings. The van der Waals surface area contributed by atoms with E-state index in [1.165, 1.54) is 11.3 Å². The number of amides is 1. The van der Waals surface area contributed by atoms with Gasteiger partial charge in [-0.05, 0) is 19.1 Å². The van der Waals surface area contributed by atoms with Crippen LogP contribution in [0.25, 0.3) is 0 Å². The van der Waals surface area contributed by atoms with Gasteiger partial charge in [-0.3, -0.25) is 4.79 Å². The molecule has 1 aromatic heterocycles. The third-order valence-corrected chi connectivity index (χ3v) is 4.42. The number of thioether (sulfide) groups is 1. The molecule has 0 saturated carbocycles. The molecule has 1 heterocycles. The van der Waals surface area contributed by atoms with Gasteiger partial charge < -0.3 is 10.1 Å². The van der Waals surface area contributed by atoms with Gasteiger partial charge in [0.1, 0.15) is 10.8 Å². The van der Waals surface area contributed by atoms with Crippen molar-refractivity contribution in [3.8, 4) is 5.75 Å². The highest BCUT2D eigenvalue weighted by atomic mass is 32.2. The summed E-state index contributed by atoms with van der Waals surface area (Å²) in [5.74, 6) is 1.30. The van der Waals surface area contributed by atoms with E-state index in [4.69, 9.17) is 4.74 Å². The molecule has 0 spiro atoms. The fourth-order valence-electron chi connectivity index (χ4n) is 1.53. The summed E-state index contributed by atoms with van der Waals surface area (Å²) in [6, 6.07) is 7.35. The Balaban J connectivity index is 1.80. The summed E-state index contributed by atoms with van der Waals surface area (Å²) in [5, 5.41) is 11.7. The number of carbonyl (C=O) groups excluding carboxylic acids is 1. The maximum atomic E-state index is 11.9. The quantitative estimate of drug-likeness (QED) is 0.831. The first kappa shape index (κ1) is 14.8. The summed E-state index contributed by atoms with van der Waals surface area (Å²) in [5.41, 5.74) is 0.691. The fourth-order valence-corrected chi connectivity index (χ4v) is 3.35. The molecule has 1 amide bonds. The first-order valence-corrected chi connectivity index (χ1v) is 7.85. The van der Waals surface area contributed by atoms with Crippen LogP contribution in [0.4, 0.5) is 5.69 Å². The molecule has 0 aliphatic rings. The van der Waals surface area contributed by atoms with Gasteiger partial charge in [0, 0.05) is 12.2 Å². The van der Waals surface area contributed by atoms with E-state index < -0.39 is 0 Å². The van der Waals surface area contributed by atoms with Gasteiger partial charge in [-0.15, -0.1) is 10.2 Å². The monoisotopic (exact) mass is 309 g/mol. The number of nitrogens with one attached hydrogen (secondary N) is 1. The lowest BCUT2D eigenvalue weighted by Crippen LogP contribution is -2.12. The lowest BCUT2D eigenvalue weighted by atomic mass is 10.3. The van der Waals surface area contributed by atoms with Crippen LogP contribution >= 0.6 is 23.1 Å². The topological polar surface area (TPSA) is 64.1 Å². The minimum Gasteiger partial charge on any atom is -0.495 e. The van der Waals surface area contributed by atoms with Crippen LogP contribution in [0.2, 0.25) is 0 Å². The smallest absolute Gasteiger partial charge is 0.225 e. The van der Waals surface area contributed by atoms with Crippen molar-refractivity contribution in [1.29, 1.82) is 0 Å². The molecule has 0 saturated heterocycles. The molecule has 0 bridgehead atoms. The minimum absolute atomic E-state index is 0.0387. The Kier molecular flexibility index (Phi) is 5.37. The molecular formula is C13H15N3O2S2. The number of ether oxygens (including phenoxy) is 1. The van der Waals surface area contributed by atoms with Gasteiger partial charge in [0.2, 0.25) is 5.91 Å². The van der Waals surface area contributed by atoms with Crippen molar-refractivity contribution in [1.82, 2.24) is 10.2 Å². The van der Waals surface area contributed by atoms with Crippen molar-refractivity contribution >= 4 is 34.7 Å². The van der Waals surface area contributed by atoms with Crippen LogP contribution in [0.5, 0.6) is 5.75 Å². The first-order valence-electron chi connectivity index (χ1n) is 6.05. The van der Waals surface area contributed by atoms with Gasteiger partial charge in [0.05, 0.1) is 12.8 Å². The molecule has 1 N–H and O–H groups in total. The molecule has 106 valence electrons. The summed E-state index contributed by atoms with van der Waals surface area (Å²) in [7, 11) is 1.58. The first-order chi connectivity index (χ1) is 9.69. The summed E-state index contributed by atoms with van der Waals surface area (Å²) in [6.45, 7) is 1.91. The molecule has 0 unspecified atom stereocenters. The second kappa shape index (κ2) is 7.25. The molecule has 1 aromatic carbocycles. The maximum Gasteiger partial charge on any atom is 0.225 e. The Morgan fingerprint density at radius 1 is 1.40 bits per heavy atom. The van der Waals surface area contributed by atoms with Gasteiger partial charge in [-0.25, -0.2) is 0 Å². The average Bonchev–Trinajstić information content (AvgIpc) is 2.85. The number of aryl methyl sites for hydroxylation is 1. The van der Waals surface area contributed by atoms with Gasteiger partial charge in [0.15, 0.2) is 4.34 Å². The van der Waals surface area contributed by atoms with Gasteiger partial charge in [-0.1, -0.05) is 35.2 Å². The van der Waals surface area contributed by atoms with E-state index in [0.717, 1.165) is 9.35 Å². The highest BCUT2D eigenvalue weighted by molar-refractivity contribution is 8.01. The zero-order chi connectivity index (χ0) is 14.4. The minimum atomic E-state index is -0.0387. The zero-order valence-corrected chi connectivity index (χ0v) is 12.9. The highest BCUT2D eigenvalue weighted by Crippen LogP contribution is 2.24. The number of rotatable bonds is 6. The molecule has 2 rings (SSSR count). The van der Waals surface area contributed by atoms with Crippen LogP contribution in [0.15, 0.2) is 28.6 Å². The number of para-hydroxylation sites is 2. The molecule has 0 aliphatic heterocycles. The second-order valence-electron chi connectivity index (χ2n) is 3.93. The molecule has 5 nitrogen and oxygen atoms in total. The predicted octanol–water partition coefficient (Wildman–Crippen LogP) is 2.98. The van der Waals surface area contributed by atoms with Crippen molar-refractivity contribution in [3.05, 3.63) is 29.3 Å². The molecule has 20 heavy (non-hydrogen) atoms. The average molecular weight is 309 g/mol. The number of anilines is 1. The third-order valence-electron chi connectivity index (χ3n) is 2.44. The molecule has 2 aromatic rings. The van der Waals surface area contributed by atoms with Crippen LogP contribution < -0.4 is 10.1 Å². The van der Waals surface area contributed by atoms with E-state index >= 15 is 0 Å². The summed E-state index contributed by atoms with van der Waals surface area (Å²) in [4.78, 5) is 11.9. The SMILES string of the molecule is COc1ccccc1NC(=O)CCSc1nnc(C)s1. The van der Waals surface area contributed by atoms with E-state index in [0.29, 0.717) is 23.6 Å². The molecule has 0 radical (unpaired) electrons. The standard InChI is InChI=1S/C13H15N3O2S2/c1-9-15-16-13(20-9)19-8-7-12(17)14-10-5-3-4-6-11(10)18-2/h3-6H,7-8H2,1-2H3,(H,14,17). The Hall–Kier alpha value is -1.60. The van der Waals surface area contributed by atoms with Crippen LogP contribution in [0.3, 0.4) is 0 Å².